The van der Waals surface area contributed by atoms with Crippen LogP contribution in [0.5, 0.6) is 5.75 Å². The lowest BCUT2D eigenvalue weighted by Gasteiger charge is -2.43. The number of nitrogens with one attached hydrogen (secondary N) is 2. The topological polar surface area (TPSA) is 112 Å². The van der Waals surface area contributed by atoms with E-state index in [1.54, 1.807) is 25.7 Å². The number of ether oxygens (including phenoxy) is 1. The van der Waals surface area contributed by atoms with Crippen LogP contribution < -0.4 is 20.3 Å². The fourth-order valence-corrected chi connectivity index (χ4v) is 7.87. The summed E-state index contributed by atoms with van der Waals surface area (Å²) in [5.74, 6) is 1.67. The van der Waals surface area contributed by atoms with Crippen LogP contribution in [0.3, 0.4) is 0 Å². The SMILES string of the molecule is CCc1cc(Nc2ncc(Br)c(Nc3ccc4nccnc4c3S(=O)C(C)C)n2)c(OC)cc1N1CCC(N2CCN(C)CC2)CC1. The number of halogens is 1. The van der Waals surface area contributed by atoms with E-state index in [0.29, 0.717) is 43.9 Å². The molecule has 250 valence electrons. The molecule has 0 aliphatic carbocycles. The second-order valence-corrected chi connectivity index (χ2v) is 15.2. The van der Waals surface area contributed by atoms with E-state index < -0.39 is 10.8 Å². The van der Waals surface area contributed by atoms with Crippen LogP contribution in [0, 0.1) is 0 Å². The number of fused-ring (bicyclic) bond motifs is 1. The predicted molar refractivity (Wildman–Crippen MR) is 194 cm³/mol. The highest BCUT2D eigenvalue weighted by molar-refractivity contribution is 9.10. The number of piperazine rings is 1. The minimum atomic E-state index is -1.32. The summed E-state index contributed by atoms with van der Waals surface area (Å²) in [5.41, 5.74) is 5.23. The lowest BCUT2D eigenvalue weighted by Crippen LogP contribution is -2.52. The highest BCUT2D eigenvalue weighted by Crippen LogP contribution is 2.38. The van der Waals surface area contributed by atoms with Gasteiger partial charge in [0.15, 0.2) is 0 Å². The van der Waals surface area contributed by atoms with Crippen LogP contribution in [-0.2, 0) is 17.2 Å². The van der Waals surface area contributed by atoms with E-state index in [0.717, 1.165) is 44.0 Å². The third-order valence-electron chi connectivity index (χ3n) is 9.11. The molecule has 2 aromatic heterocycles. The monoisotopic (exact) mass is 721 g/mol. The number of anilines is 5. The maximum atomic E-state index is 13.5. The standard InChI is InChI=1S/C34H44BrN9O2S/c1-6-23-19-28(30(46-5)20-29(23)44-13-9-24(10-14-44)43-17-15-42(4)16-18-43)40-34-38-21-25(35)33(41-34)39-27-8-7-26-31(37-12-11-36-26)32(27)47(45)22(2)3/h7-8,11-12,19-22,24H,6,9-10,13-18H2,1-5H3,(H2,38,39,40,41). The normalized spacial score (nSPS) is 17.3. The minimum absolute atomic E-state index is 0.110. The van der Waals surface area contributed by atoms with Gasteiger partial charge in [-0.3, -0.25) is 19.1 Å². The summed E-state index contributed by atoms with van der Waals surface area (Å²) in [4.78, 5) is 26.5. The van der Waals surface area contributed by atoms with Crippen molar-refractivity contribution in [2.45, 2.75) is 56.2 Å². The first-order valence-corrected chi connectivity index (χ1v) is 18.4. The summed E-state index contributed by atoms with van der Waals surface area (Å²) in [7, 11) is 2.59. The zero-order chi connectivity index (χ0) is 33.1. The Labute approximate surface area is 288 Å². The molecule has 11 nitrogen and oxygen atoms in total. The maximum absolute atomic E-state index is 13.5. The number of hydrogen-bond acceptors (Lipinski definition) is 11. The quantitative estimate of drug-likeness (QED) is 0.202. The van der Waals surface area contributed by atoms with Gasteiger partial charge < -0.3 is 25.2 Å². The van der Waals surface area contributed by atoms with E-state index in [-0.39, 0.29) is 5.25 Å². The van der Waals surface area contributed by atoms with Gasteiger partial charge in [0.25, 0.3) is 0 Å². The summed E-state index contributed by atoms with van der Waals surface area (Å²) in [6, 6.07) is 8.71. The number of rotatable bonds is 10. The third kappa shape index (κ3) is 7.38. The highest BCUT2D eigenvalue weighted by Gasteiger charge is 2.28. The summed E-state index contributed by atoms with van der Waals surface area (Å²) in [6.07, 6.45) is 8.20. The van der Waals surface area contributed by atoms with Crippen LogP contribution >= 0.6 is 15.9 Å². The number of methoxy groups -OCH3 is 1. The molecule has 1 unspecified atom stereocenters. The van der Waals surface area contributed by atoms with Gasteiger partial charge in [0.2, 0.25) is 5.95 Å². The van der Waals surface area contributed by atoms with Gasteiger partial charge in [0.05, 0.1) is 44.2 Å². The molecule has 0 amide bonds. The van der Waals surface area contributed by atoms with E-state index in [2.05, 4.69) is 82.3 Å². The predicted octanol–water partition coefficient (Wildman–Crippen LogP) is 5.97. The molecule has 2 aliphatic heterocycles. The zero-order valence-corrected chi connectivity index (χ0v) is 30.2. The van der Waals surface area contributed by atoms with Crippen molar-refractivity contribution in [3.05, 3.63) is 52.9 Å². The molecule has 0 bridgehead atoms. The average molecular weight is 723 g/mol. The highest BCUT2D eigenvalue weighted by atomic mass is 79.9. The Morgan fingerprint density at radius 1 is 1.00 bits per heavy atom. The Balaban J connectivity index is 1.23. The van der Waals surface area contributed by atoms with Gasteiger partial charge in [0.1, 0.15) is 17.1 Å². The van der Waals surface area contributed by atoms with Crippen molar-refractivity contribution in [2.75, 3.05) is 69.0 Å². The maximum Gasteiger partial charge on any atom is 0.229 e. The smallest absolute Gasteiger partial charge is 0.229 e. The van der Waals surface area contributed by atoms with Gasteiger partial charge >= 0.3 is 0 Å². The largest absolute Gasteiger partial charge is 0.494 e. The summed E-state index contributed by atoms with van der Waals surface area (Å²) >= 11 is 3.60. The summed E-state index contributed by atoms with van der Waals surface area (Å²) < 4.78 is 20.0. The Hall–Kier alpha value is -3.39. The molecule has 0 spiro atoms. The van der Waals surface area contributed by atoms with Gasteiger partial charge in [-0.2, -0.15) is 4.98 Å². The van der Waals surface area contributed by atoms with Crippen LogP contribution in [-0.4, -0.2) is 98.7 Å². The fraction of sp³-hybridized carbons (Fsp3) is 0.471. The average Bonchev–Trinajstić information content (AvgIpc) is 3.09. The number of likely N-dealkylation sites (N-methyl/N-ethyl adjacent to an activating group) is 1. The Morgan fingerprint density at radius 3 is 2.45 bits per heavy atom. The molecule has 47 heavy (non-hydrogen) atoms. The lowest BCUT2D eigenvalue weighted by atomic mass is 9.99. The second-order valence-electron chi connectivity index (χ2n) is 12.4. The minimum Gasteiger partial charge on any atom is -0.494 e. The van der Waals surface area contributed by atoms with Gasteiger partial charge in [0, 0.05) is 80.9 Å². The molecule has 2 aromatic carbocycles. The van der Waals surface area contributed by atoms with Crippen molar-refractivity contribution in [1.29, 1.82) is 0 Å². The van der Waals surface area contributed by atoms with E-state index in [9.17, 15) is 4.21 Å². The van der Waals surface area contributed by atoms with Gasteiger partial charge in [-0.1, -0.05) is 20.8 Å². The molecule has 2 saturated heterocycles. The number of piperidine rings is 1. The molecule has 1 atom stereocenters. The number of nitrogens with zero attached hydrogens (tertiary/aromatic N) is 7. The molecule has 2 fully saturated rings. The van der Waals surface area contributed by atoms with Crippen molar-refractivity contribution >= 4 is 66.6 Å². The first kappa shape index (κ1) is 33.5. The van der Waals surface area contributed by atoms with E-state index in [1.165, 1.54) is 37.2 Å². The molecule has 4 aromatic rings. The van der Waals surface area contributed by atoms with Gasteiger partial charge in [-0.15, -0.1) is 0 Å². The Bertz CT molecular complexity index is 1740. The molecule has 0 saturated carbocycles. The van der Waals surface area contributed by atoms with Crippen LogP contribution in [0.25, 0.3) is 11.0 Å². The van der Waals surface area contributed by atoms with Gasteiger partial charge in [-0.05, 0) is 66.0 Å². The van der Waals surface area contributed by atoms with E-state index in [4.69, 9.17) is 9.72 Å². The van der Waals surface area contributed by atoms with Crippen LogP contribution in [0.1, 0.15) is 39.2 Å². The van der Waals surface area contributed by atoms with Crippen molar-refractivity contribution in [1.82, 2.24) is 29.7 Å². The molecular formula is C34H44BrN9O2S. The Kier molecular flexibility index (Phi) is 10.5. The number of aryl methyl sites for hydroxylation is 1. The second kappa shape index (κ2) is 14.8. The van der Waals surface area contributed by atoms with Crippen molar-refractivity contribution in [3.8, 4) is 5.75 Å². The first-order valence-electron chi connectivity index (χ1n) is 16.3. The van der Waals surface area contributed by atoms with Gasteiger partial charge in [-0.25, -0.2) is 4.98 Å². The molecule has 4 heterocycles. The number of hydrogen-bond donors (Lipinski definition) is 2. The summed E-state index contributed by atoms with van der Waals surface area (Å²) in [5, 5.41) is 6.68. The van der Waals surface area contributed by atoms with Crippen molar-refractivity contribution in [3.63, 3.8) is 0 Å². The van der Waals surface area contributed by atoms with Crippen molar-refractivity contribution < 1.29 is 8.95 Å². The van der Waals surface area contributed by atoms with Crippen molar-refractivity contribution in [2.24, 2.45) is 0 Å². The molecule has 2 N–H and O–H groups in total. The zero-order valence-electron chi connectivity index (χ0n) is 27.8. The molecule has 2 aliphatic rings. The molecule has 13 heteroatoms. The number of benzene rings is 2. The lowest BCUT2D eigenvalue weighted by molar-refractivity contribution is 0.0982. The first-order chi connectivity index (χ1) is 22.7. The third-order valence-corrected chi connectivity index (χ3v) is 11.4. The van der Waals surface area contributed by atoms with Crippen LogP contribution in [0.15, 0.2) is 52.2 Å². The fourth-order valence-electron chi connectivity index (χ4n) is 6.43. The molecule has 0 radical (unpaired) electrons. The summed E-state index contributed by atoms with van der Waals surface area (Å²) in [6.45, 7) is 12.8. The van der Waals surface area contributed by atoms with E-state index >= 15 is 0 Å². The van der Waals surface area contributed by atoms with E-state index in [1.807, 2.05) is 26.0 Å². The molecule has 6 rings (SSSR count). The molecular weight excluding hydrogens is 678 g/mol. The van der Waals surface area contributed by atoms with Crippen LogP contribution in [0.2, 0.25) is 0 Å². The number of aromatic nitrogens is 4. The van der Waals surface area contributed by atoms with Crippen LogP contribution in [0.4, 0.5) is 28.8 Å². The Morgan fingerprint density at radius 2 is 1.74 bits per heavy atom.